The highest BCUT2D eigenvalue weighted by atomic mass is 14.9. The first kappa shape index (κ1) is 11.8. The van der Waals surface area contributed by atoms with Gasteiger partial charge in [0.15, 0.2) is 5.57 Å². The summed E-state index contributed by atoms with van der Waals surface area (Å²) in [6, 6.07) is 13.3. The predicted octanol–water partition coefficient (Wildman–Crippen LogP) is 1.80. The highest BCUT2D eigenvalue weighted by Crippen LogP contribution is 2.13. The van der Waals surface area contributed by atoms with E-state index in [0.29, 0.717) is 11.3 Å². The van der Waals surface area contributed by atoms with Gasteiger partial charge in [-0.2, -0.15) is 21.0 Å². The van der Waals surface area contributed by atoms with Crippen molar-refractivity contribution in [1.82, 2.24) is 0 Å². The molecule has 78 valence electrons. The maximum atomic E-state index is 8.81. The molecule has 0 fully saturated rings. The Bertz CT molecular complexity index is 613. The Morgan fingerprint density at radius 2 is 1.71 bits per heavy atom. The Balaban J connectivity index is 3.12. The van der Waals surface area contributed by atoms with Crippen LogP contribution in [0.4, 0.5) is 5.69 Å². The number of hydrogen-bond donors (Lipinski definition) is 1. The summed E-state index contributed by atoms with van der Waals surface area (Å²) >= 11 is 0. The van der Waals surface area contributed by atoms with Crippen molar-refractivity contribution in [3.63, 3.8) is 0 Å². The summed E-state index contributed by atoms with van der Waals surface area (Å²) < 4.78 is 0. The van der Waals surface area contributed by atoms with Crippen molar-refractivity contribution in [3.8, 4) is 24.3 Å². The molecular formula is C12H5N5. The Hall–Kier alpha value is -3.28. The number of rotatable bonds is 2. The van der Waals surface area contributed by atoms with E-state index in [1.807, 2.05) is 6.07 Å². The summed E-state index contributed by atoms with van der Waals surface area (Å²) in [5.74, 6) is 0. The normalized spacial score (nSPS) is 7.76. The van der Waals surface area contributed by atoms with Crippen LogP contribution in [0.2, 0.25) is 0 Å². The summed E-state index contributed by atoms with van der Waals surface area (Å²) in [4.78, 5) is 0. The maximum absolute atomic E-state index is 8.81. The number of allylic oxidation sites excluding steroid dienone is 2. The van der Waals surface area contributed by atoms with Crippen LogP contribution in [-0.4, -0.2) is 0 Å². The molecule has 0 spiro atoms. The van der Waals surface area contributed by atoms with Crippen molar-refractivity contribution in [1.29, 1.82) is 21.0 Å². The second-order valence-corrected chi connectivity index (χ2v) is 2.90. The van der Waals surface area contributed by atoms with Crippen LogP contribution in [0.15, 0.2) is 35.5 Å². The summed E-state index contributed by atoms with van der Waals surface area (Å²) in [6.45, 7) is 0. The third kappa shape index (κ3) is 2.83. The number of hydrogen-bond acceptors (Lipinski definition) is 5. The molecule has 1 aromatic carbocycles. The molecule has 0 unspecified atom stereocenters. The molecule has 0 radical (unpaired) electrons. The van der Waals surface area contributed by atoms with E-state index in [0.717, 1.165) is 0 Å². The van der Waals surface area contributed by atoms with Gasteiger partial charge >= 0.3 is 0 Å². The minimum Gasteiger partial charge on any atom is -0.345 e. The lowest BCUT2D eigenvalue weighted by atomic mass is 10.2. The van der Waals surface area contributed by atoms with E-state index >= 15 is 0 Å². The number of nitrogens with zero attached hydrogens (tertiary/aromatic N) is 4. The average molecular weight is 219 g/mol. The zero-order valence-corrected chi connectivity index (χ0v) is 8.60. The molecule has 0 aliphatic carbocycles. The van der Waals surface area contributed by atoms with Crippen LogP contribution in [0.3, 0.4) is 0 Å². The van der Waals surface area contributed by atoms with Crippen LogP contribution < -0.4 is 5.32 Å². The number of nitriles is 4. The van der Waals surface area contributed by atoms with Gasteiger partial charge in [0.25, 0.3) is 0 Å². The Morgan fingerprint density at radius 1 is 1.00 bits per heavy atom. The van der Waals surface area contributed by atoms with E-state index in [1.54, 1.807) is 36.4 Å². The van der Waals surface area contributed by atoms with Gasteiger partial charge in [-0.05, 0) is 18.2 Å². The molecule has 0 atom stereocenters. The van der Waals surface area contributed by atoms with Crippen LogP contribution >= 0.6 is 0 Å². The van der Waals surface area contributed by atoms with Gasteiger partial charge in [-0.1, -0.05) is 6.07 Å². The third-order valence-corrected chi connectivity index (χ3v) is 1.85. The second-order valence-electron chi connectivity index (χ2n) is 2.90. The summed E-state index contributed by atoms with van der Waals surface area (Å²) in [7, 11) is 0. The predicted molar refractivity (Wildman–Crippen MR) is 58.6 cm³/mol. The van der Waals surface area contributed by atoms with E-state index in [9.17, 15) is 0 Å². The third-order valence-electron chi connectivity index (χ3n) is 1.85. The molecule has 1 N–H and O–H groups in total. The van der Waals surface area contributed by atoms with Crippen molar-refractivity contribution in [2.24, 2.45) is 0 Å². The van der Waals surface area contributed by atoms with Gasteiger partial charge in [0.2, 0.25) is 0 Å². The van der Waals surface area contributed by atoms with E-state index in [2.05, 4.69) is 5.32 Å². The molecule has 1 aromatic rings. The van der Waals surface area contributed by atoms with Gasteiger partial charge < -0.3 is 5.32 Å². The summed E-state index contributed by atoms with van der Waals surface area (Å²) in [5, 5.41) is 37.4. The fraction of sp³-hybridized carbons (Fsp3) is 0. The number of benzene rings is 1. The topological polar surface area (TPSA) is 107 Å². The van der Waals surface area contributed by atoms with E-state index < -0.39 is 0 Å². The van der Waals surface area contributed by atoms with Gasteiger partial charge in [0.1, 0.15) is 23.9 Å². The van der Waals surface area contributed by atoms with Crippen LogP contribution in [-0.2, 0) is 0 Å². The van der Waals surface area contributed by atoms with Gasteiger partial charge in [0.05, 0.1) is 11.6 Å². The van der Waals surface area contributed by atoms with E-state index in [1.165, 1.54) is 6.07 Å². The first-order valence-electron chi connectivity index (χ1n) is 4.47. The average Bonchev–Trinajstić information content (AvgIpc) is 2.39. The van der Waals surface area contributed by atoms with Crippen molar-refractivity contribution in [2.75, 3.05) is 5.32 Å². The van der Waals surface area contributed by atoms with Crippen LogP contribution in [0.1, 0.15) is 5.56 Å². The highest BCUT2D eigenvalue weighted by Gasteiger charge is 2.06. The molecule has 0 aliphatic rings. The van der Waals surface area contributed by atoms with Crippen LogP contribution in [0.25, 0.3) is 0 Å². The van der Waals surface area contributed by atoms with Crippen LogP contribution in [0, 0.1) is 45.3 Å². The highest BCUT2D eigenvalue weighted by molar-refractivity contribution is 5.59. The molecule has 17 heavy (non-hydrogen) atoms. The summed E-state index contributed by atoms with van der Waals surface area (Å²) in [6.07, 6.45) is 0. The standard InChI is InChI=1S/C12H5N5/c13-5-9-2-1-3-11(4-9)17-12(8-16)10(6-14)7-15/h1-4,17H. The van der Waals surface area contributed by atoms with Crippen LogP contribution in [0.5, 0.6) is 0 Å². The molecule has 1 rings (SSSR count). The lowest BCUT2D eigenvalue weighted by Crippen LogP contribution is -2.00. The first-order chi connectivity index (χ1) is 8.24. The number of anilines is 1. The molecule has 0 bridgehead atoms. The number of nitrogens with one attached hydrogen (secondary N) is 1. The van der Waals surface area contributed by atoms with E-state index in [4.69, 9.17) is 21.0 Å². The SMILES string of the molecule is N#CC(C#N)=C(C#N)Nc1cccc(C#N)c1. The van der Waals surface area contributed by atoms with E-state index in [-0.39, 0.29) is 11.3 Å². The summed E-state index contributed by atoms with van der Waals surface area (Å²) in [5.41, 5.74) is 0.464. The zero-order valence-electron chi connectivity index (χ0n) is 8.60. The Kier molecular flexibility index (Phi) is 3.86. The van der Waals surface area contributed by atoms with Gasteiger partial charge in [-0.25, -0.2) is 0 Å². The molecule has 5 heteroatoms. The minimum absolute atomic E-state index is 0.134. The monoisotopic (exact) mass is 219 g/mol. The second kappa shape index (κ2) is 5.56. The maximum Gasteiger partial charge on any atom is 0.163 e. The molecule has 0 aliphatic heterocycles. The molecule has 0 saturated carbocycles. The fourth-order valence-electron chi connectivity index (χ4n) is 1.09. The van der Waals surface area contributed by atoms with Gasteiger partial charge in [-0.15, -0.1) is 0 Å². The van der Waals surface area contributed by atoms with Crippen molar-refractivity contribution >= 4 is 5.69 Å². The molecule has 0 amide bonds. The lowest BCUT2D eigenvalue weighted by molar-refractivity contribution is 1.37. The quantitative estimate of drug-likeness (QED) is 0.763. The Labute approximate surface area is 98.1 Å². The minimum atomic E-state index is -0.296. The van der Waals surface area contributed by atoms with Gasteiger partial charge in [0, 0.05) is 5.69 Å². The lowest BCUT2D eigenvalue weighted by Gasteiger charge is -2.04. The van der Waals surface area contributed by atoms with Crippen molar-refractivity contribution in [2.45, 2.75) is 0 Å². The first-order valence-corrected chi connectivity index (χ1v) is 4.47. The molecule has 0 heterocycles. The largest absolute Gasteiger partial charge is 0.345 e. The molecular weight excluding hydrogens is 214 g/mol. The smallest absolute Gasteiger partial charge is 0.163 e. The fourth-order valence-corrected chi connectivity index (χ4v) is 1.09. The zero-order chi connectivity index (χ0) is 12.7. The van der Waals surface area contributed by atoms with Gasteiger partial charge in [-0.3, -0.25) is 0 Å². The van der Waals surface area contributed by atoms with Crippen molar-refractivity contribution in [3.05, 3.63) is 41.1 Å². The molecule has 0 saturated heterocycles. The molecule has 0 aromatic heterocycles. The van der Waals surface area contributed by atoms with Crippen molar-refractivity contribution < 1.29 is 0 Å². The molecule has 5 nitrogen and oxygen atoms in total. The Morgan fingerprint density at radius 3 is 2.24 bits per heavy atom.